The number of hydrogen-bond acceptors (Lipinski definition) is 2. The highest BCUT2D eigenvalue weighted by molar-refractivity contribution is 7.80. The molecule has 0 radical (unpaired) electrons. The van der Waals surface area contributed by atoms with Gasteiger partial charge in [-0.05, 0) is 61.5 Å². The van der Waals surface area contributed by atoms with Crippen LogP contribution >= 0.6 is 23.8 Å². The number of nitrogens with one attached hydrogen (secondary N) is 1. The zero-order chi connectivity index (χ0) is 17.1. The fourth-order valence-corrected chi connectivity index (χ4v) is 3.60. The monoisotopic (exact) mass is 359 g/mol. The Balaban J connectivity index is 1.60. The first-order valence-electron chi connectivity index (χ1n) is 8.17. The van der Waals surface area contributed by atoms with Gasteiger partial charge in [-0.3, -0.25) is 0 Å². The zero-order valence-corrected chi connectivity index (χ0v) is 15.6. The molecule has 1 aliphatic heterocycles. The van der Waals surface area contributed by atoms with Crippen LogP contribution in [0.3, 0.4) is 0 Å². The molecule has 24 heavy (non-hydrogen) atoms. The Kier molecular flexibility index (Phi) is 5.27. The van der Waals surface area contributed by atoms with Crippen LogP contribution in [0.15, 0.2) is 42.5 Å². The van der Waals surface area contributed by atoms with Crippen molar-refractivity contribution in [2.45, 2.75) is 13.8 Å². The molecular weight excluding hydrogens is 338 g/mol. The molecule has 3 nitrogen and oxygen atoms in total. The molecule has 0 spiro atoms. The molecule has 1 fully saturated rings. The van der Waals surface area contributed by atoms with Crippen LogP contribution in [0.25, 0.3) is 0 Å². The number of benzene rings is 2. The second-order valence-electron chi connectivity index (χ2n) is 6.15. The van der Waals surface area contributed by atoms with E-state index in [-0.39, 0.29) is 0 Å². The number of anilines is 2. The van der Waals surface area contributed by atoms with Gasteiger partial charge in [-0.2, -0.15) is 0 Å². The Hall–Kier alpha value is -1.78. The Morgan fingerprint density at radius 3 is 2.12 bits per heavy atom. The molecule has 0 amide bonds. The van der Waals surface area contributed by atoms with E-state index in [1.54, 1.807) is 0 Å². The Morgan fingerprint density at radius 2 is 1.54 bits per heavy atom. The van der Waals surface area contributed by atoms with Crippen molar-refractivity contribution in [1.29, 1.82) is 0 Å². The van der Waals surface area contributed by atoms with Gasteiger partial charge < -0.3 is 15.1 Å². The Bertz CT molecular complexity index is 702. The topological polar surface area (TPSA) is 18.5 Å². The molecule has 5 heteroatoms. The van der Waals surface area contributed by atoms with Gasteiger partial charge in [-0.25, -0.2) is 0 Å². The van der Waals surface area contributed by atoms with E-state index in [4.69, 9.17) is 23.8 Å². The van der Waals surface area contributed by atoms with Crippen molar-refractivity contribution in [2.24, 2.45) is 0 Å². The van der Waals surface area contributed by atoms with Crippen LogP contribution in [-0.4, -0.2) is 36.2 Å². The van der Waals surface area contributed by atoms with E-state index in [9.17, 15) is 0 Å². The molecular formula is C19H22ClN3S. The lowest BCUT2D eigenvalue weighted by Crippen LogP contribution is -2.50. The number of aryl methyl sites for hydroxylation is 2. The normalized spacial score (nSPS) is 14.6. The highest BCUT2D eigenvalue weighted by Crippen LogP contribution is 2.25. The highest BCUT2D eigenvalue weighted by atomic mass is 35.5. The first kappa shape index (κ1) is 17.1. The molecule has 126 valence electrons. The van der Waals surface area contributed by atoms with E-state index in [1.165, 1.54) is 16.8 Å². The summed E-state index contributed by atoms with van der Waals surface area (Å²) in [5, 5.41) is 4.80. The number of halogens is 1. The lowest BCUT2D eigenvalue weighted by atomic mass is 10.1. The summed E-state index contributed by atoms with van der Waals surface area (Å²) in [6, 6.07) is 14.1. The maximum absolute atomic E-state index is 5.92. The van der Waals surface area contributed by atoms with E-state index in [2.05, 4.69) is 47.2 Å². The predicted octanol–water partition coefficient (Wildman–Crippen LogP) is 4.48. The van der Waals surface area contributed by atoms with Crippen molar-refractivity contribution in [1.82, 2.24) is 4.90 Å². The van der Waals surface area contributed by atoms with E-state index in [0.717, 1.165) is 42.0 Å². The van der Waals surface area contributed by atoms with Crippen molar-refractivity contribution in [3.8, 4) is 0 Å². The van der Waals surface area contributed by atoms with Crippen molar-refractivity contribution in [3.63, 3.8) is 0 Å². The van der Waals surface area contributed by atoms with Crippen molar-refractivity contribution in [3.05, 3.63) is 58.6 Å². The van der Waals surface area contributed by atoms with E-state index >= 15 is 0 Å². The van der Waals surface area contributed by atoms with Gasteiger partial charge in [0.1, 0.15) is 0 Å². The molecule has 1 saturated heterocycles. The lowest BCUT2D eigenvalue weighted by molar-refractivity contribution is 0.390. The van der Waals surface area contributed by atoms with Crippen LogP contribution < -0.4 is 10.2 Å². The molecule has 0 aliphatic carbocycles. The lowest BCUT2D eigenvalue weighted by Gasteiger charge is -2.38. The molecule has 2 aromatic carbocycles. The van der Waals surface area contributed by atoms with Crippen LogP contribution in [0.1, 0.15) is 11.1 Å². The predicted molar refractivity (Wildman–Crippen MR) is 107 cm³/mol. The average Bonchev–Trinajstić information content (AvgIpc) is 2.57. The van der Waals surface area contributed by atoms with Gasteiger partial charge in [-0.1, -0.05) is 29.8 Å². The van der Waals surface area contributed by atoms with E-state index < -0.39 is 0 Å². The molecule has 3 rings (SSSR count). The van der Waals surface area contributed by atoms with E-state index in [1.807, 2.05) is 24.3 Å². The number of nitrogens with zero attached hydrogens (tertiary/aromatic N) is 2. The van der Waals surface area contributed by atoms with Gasteiger partial charge in [0.15, 0.2) is 5.11 Å². The number of thiocarbonyl (C=S) groups is 1. The fourth-order valence-electron chi connectivity index (χ4n) is 3.17. The van der Waals surface area contributed by atoms with Gasteiger partial charge >= 0.3 is 0 Å². The molecule has 0 saturated carbocycles. The summed E-state index contributed by atoms with van der Waals surface area (Å²) in [6.07, 6.45) is 0. The van der Waals surface area contributed by atoms with Crippen molar-refractivity contribution < 1.29 is 0 Å². The quantitative estimate of drug-likeness (QED) is 0.797. The molecule has 0 bridgehead atoms. The summed E-state index contributed by atoms with van der Waals surface area (Å²) in [6.45, 7) is 8.17. The maximum atomic E-state index is 5.92. The second-order valence-corrected chi connectivity index (χ2v) is 6.97. The van der Waals surface area contributed by atoms with Crippen LogP contribution in [0.5, 0.6) is 0 Å². The standard InChI is InChI=1S/C19H22ClN3S/c1-14-4-3-5-15(2)18(14)22-10-12-23(13-11-22)19(24)21-17-8-6-16(20)7-9-17/h3-9H,10-13H2,1-2H3,(H,21,24). The Labute approximate surface area is 154 Å². The van der Waals surface area contributed by atoms with Crippen LogP contribution in [-0.2, 0) is 0 Å². The molecule has 1 heterocycles. The second kappa shape index (κ2) is 7.41. The molecule has 2 aromatic rings. The van der Waals surface area contributed by atoms with E-state index in [0.29, 0.717) is 0 Å². The van der Waals surface area contributed by atoms with Gasteiger partial charge in [0.2, 0.25) is 0 Å². The third-order valence-corrected chi connectivity index (χ3v) is 5.03. The summed E-state index contributed by atoms with van der Waals surface area (Å²) in [7, 11) is 0. The largest absolute Gasteiger partial charge is 0.368 e. The highest BCUT2D eigenvalue weighted by Gasteiger charge is 2.21. The number of piperazine rings is 1. The first-order chi connectivity index (χ1) is 11.5. The summed E-state index contributed by atoms with van der Waals surface area (Å²) in [4.78, 5) is 4.69. The Morgan fingerprint density at radius 1 is 0.958 bits per heavy atom. The molecule has 0 atom stereocenters. The minimum atomic E-state index is 0.730. The third kappa shape index (κ3) is 3.82. The summed E-state index contributed by atoms with van der Waals surface area (Å²) in [5.74, 6) is 0. The summed E-state index contributed by atoms with van der Waals surface area (Å²) >= 11 is 11.5. The minimum Gasteiger partial charge on any atom is -0.368 e. The van der Waals surface area contributed by atoms with Gasteiger partial charge in [0, 0.05) is 42.6 Å². The smallest absolute Gasteiger partial charge is 0.173 e. The van der Waals surface area contributed by atoms with Crippen molar-refractivity contribution >= 4 is 40.3 Å². The van der Waals surface area contributed by atoms with Crippen LogP contribution in [0.2, 0.25) is 5.02 Å². The SMILES string of the molecule is Cc1cccc(C)c1N1CCN(C(=S)Nc2ccc(Cl)cc2)CC1. The maximum Gasteiger partial charge on any atom is 0.173 e. The van der Waals surface area contributed by atoms with Gasteiger partial charge in [0.25, 0.3) is 0 Å². The van der Waals surface area contributed by atoms with Gasteiger partial charge in [-0.15, -0.1) is 0 Å². The zero-order valence-electron chi connectivity index (χ0n) is 14.1. The fraction of sp³-hybridized carbons (Fsp3) is 0.316. The number of para-hydroxylation sites is 1. The molecule has 0 aromatic heterocycles. The number of rotatable bonds is 2. The van der Waals surface area contributed by atoms with Crippen LogP contribution in [0, 0.1) is 13.8 Å². The molecule has 1 aliphatic rings. The van der Waals surface area contributed by atoms with Gasteiger partial charge in [0.05, 0.1) is 0 Å². The summed E-state index contributed by atoms with van der Waals surface area (Å²) < 4.78 is 0. The average molecular weight is 360 g/mol. The van der Waals surface area contributed by atoms with Crippen molar-refractivity contribution in [2.75, 3.05) is 36.4 Å². The van der Waals surface area contributed by atoms with Crippen LogP contribution in [0.4, 0.5) is 11.4 Å². The minimum absolute atomic E-state index is 0.730. The number of hydrogen-bond donors (Lipinski definition) is 1. The molecule has 1 N–H and O–H groups in total. The third-order valence-electron chi connectivity index (χ3n) is 4.42. The molecule has 0 unspecified atom stereocenters. The first-order valence-corrected chi connectivity index (χ1v) is 8.96. The summed E-state index contributed by atoms with van der Waals surface area (Å²) in [5.41, 5.74) is 5.02.